The van der Waals surface area contributed by atoms with Crippen LogP contribution in [0.25, 0.3) is 5.69 Å². The normalized spacial score (nSPS) is 12.0. The van der Waals surface area contributed by atoms with Gasteiger partial charge in [0.1, 0.15) is 0 Å². The zero-order chi connectivity index (χ0) is 20.1. The first kappa shape index (κ1) is 20.1. The average Bonchev–Trinajstić information content (AvgIpc) is 3.14. The van der Waals surface area contributed by atoms with Crippen LogP contribution >= 0.6 is 11.8 Å². The number of thioether (sulfide) groups is 1. The maximum Gasteiger partial charge on any atom is 0.230 e. The van der Waals surface area contributed by atoms with Crippen LogP contribution in [0.3, 0.4) is 0 Å². The van der Waals surface area contributed by atoms with Gasteiger partial charge in [-0.25, -0.2) is 0 Å². The number of nitrogens with zero attached hydrogens (tertiary/aromatic N) is 4. The smallest absolute Gasteiger partial charge is 0.230 e. The molecule has 1 amide bonds. The molecule has 0 radical (unpaired) electrons. The standard InChI is InChI=1S/C21H25N5OS/c1-5-17-7-9-18(10-8-17)16(4)22-20(27)13-28-21-23-24-25-26(21)19-11-6-14(2)12-15(19)3/h6-12,16H,5,13H2,1-4H3,(H,22,27). The summed E-state index contributed by atoms with van der Waals surface area (Å²) < 4.78 is 1.68. The largest absolute Gasteiger partial charge is 0.349 e. The van der Waals surface area contributed by atoms with Gasteiger partial charge >= 0.3 is 0 Å². The van der Waals surface area contributed by atoms with Crippen LogP contribution in [0.4, 0.5) is 0 Å². The Morgan fingerprint density at radius 3 is 2.61 bits per heavy atom. The van der Waals surface area contributed by atoms with Gasteiger partial charge in [0.15, 0.2) is 0 Å². The summed E-state index contributed by atoms with van der Waals surface area (Å²) in [6, 6.07) is 14.4. The van der Waals surface area contributed by atoms with E-state index in [4.69, 9.17) is 0 Å². The van der Waals surface area contributed by atoms with Gasteiger partial charge in [-0.2, -0.15) is 4.68 Å². The molecule has 1 atom stereocenters. The van der Waals surface area contributed by atoms with Crippen molar-refractivity contribution in [3.63, 3.8) is 0 Å². The predicted molar refractivity (Wildman–Crippen MR) is 112 cm³/mol. The Balaban J connectivity index is 1.61. The number of rotatable bonds is 7. The number of nitrogens with one attached hydrogen (secondary N) is 1. The summed E-state index contributed by atoms with van der Waals surface area (Å²) in [6.45, 7) is 8.19. The van der Waals surface area contributed by atoms with Crippen LogP contribution in [-0.4, -0.2) is 31.9 Å². The van der Waals surface area contributed by atoms with Gasteiger partial charge in [-0.3, -0.25) is 4.79 Å². The fourth-order valence-corrected chi connectivity index (χ4v) is 3.70. The molecule has 28 heavy (non-hydrogen) atoms. The van der Waals surface area contributed by atoms with Crippen LogP contribution in [0.2, 0.25) is 0 Å². The molecular weight excluding hydrogens is 370 g/mol. The van der Waals surface area contributed by atoms with Crippen LogP contribution in [0.1, 0.15) is 42.1 Å². The number of benzene rings is 2. The van der Waals surface area contributed by atoms with Crippen LogP contribution in [0.5, 0.6) is 0 Å². The maximum absolute atomic E-state index is 12.4. The molecule has 6 nitrogen and oxygen atoms in total. The lowest BCUT2D eigenvalue weighted by Crippen LogP contribution is -2.28. The van der Waals surface area contributed by atoms with E-state index in [0.29, 0.717) is 5.16 Å². The van der Waals surface area contributed by atoms with Gasteiger partial charge in [0, 0.05) is 0 Å². The maximum atomic E-state index is 12.4. The molecule has 0 saturated carbocycles. The summed E-state index contributed by atoms with van der Waals surface area (Å²) in [5.74, 6) is 0.204. The number of hydrogen-bond donors (Lipinski definition) is 1. The Morgan fingerprint density at radius 1 is 1.18 bits per heavy atom. The van der Waals surface area contributed by atoms with Gasteiger partial charge in [0.25, 0.3) is 0 Å². The van der Waals surface area contributed by atoms with Crippen molar-refractivity contribution in [2.45, 2.75) is 45.3 Å². The molecular formula is C21H25N5OS. The molecule has 7 heteroatoms. The molecule has 0 spiro atoms. The van der Waals surface area contributed by atoms with E-state index in [1.165, 1.54) is 22.9 Å². The van der Waals surface area contributed by atoms with Crippen molar-refractivity contribution in [2.24, 2.45) is 0 Å². The van der Waals surface area contributed by atoms with Crippen molar-refractivity contribution in [1.29, 1.82) is 0 Å². The number of tetrazole rings is 1. The summed E-state index contributed by atoms with van der Waals surface area (Å²) in [4.78, 5) is 12.4. The first-order valence-corrected chi connectivity index (χ1v) is 10.3. The summed E-state index contributed by atoms with van der Waals surface area (Å²) >= 11 is 1.33. The van der Waals surface area contributed by atoms with Crippen LogP contribution in [-0.2, 0) is 11.2 Å². The van der Waals surface area contributed by atoms with Gasteiger partial charge in [-0.1, -0.05) is 60.6 Å². The minimum absolute atomic E-state index is 0.0469. The van der Waals surface area contributed by atoms with E-state index >= 15 is 0 Å². The molecule has 0 aliphatic heterocycles. The van der Waals surface area contributed by atoms with E-state index in [1.54, 1.807) is 4.68 Å². The van der Waals surface area contributed by atoms with Gasteiger partial charge in [0.2, 0.25) is 11.1 Å². The predicted octanol–water partition coefficient (Wildman–Crippen LogP) is 3.81. The third kappa shape index (κ3) is 4.78. The van der Waals surface area contributed by atoms with Gasteiger partial charge in [-0.15, -0.1) is 5.10 Å². The summed E-state index contributed by atoms with van der Waals surface area (Å²) in [5.41, 5.74) is 5.57. The Morgan fingerprint density at radius 2 is 1.93 bits per heavy atom. The van der Waals surface area contributed by atoms with Crippen molar-refractivity contribution in [2.75, 3.05) is 5.75 Å². The third-order valence-corrected chi connectivity index (χ3v) is 5.54. The monoisotopic (exact) mass is 395 g/mol. The fourth-order valence-electron chi connectivity index (χ4n) is 3.00. The Bertz CT molecular complexity index is 952. The highest BCUT2D eigenvalue weighted by Gasteiger charge is 2.15. The number of amides is 1. The van der Waals surface area contributed by atoms with E-state index in [2.05, 4.69) is 58.1 Å². The molecule has 3 aromatic rings. The van der Waals surface area contributed by atoms with Crippen molar-refractivity contribution < 1.29 is 4.79 Å². The molecule has 0 fully saturated rings. The number of aromatic nitrogens is 4. The molecule has 3 rings (SSSR count). The van der Waals surface area contributed by atoms with Gasteiger partial charge in [-0.05, 0) is 60.4 Å². The first-order valence-electron chi connectivity index (χ1n) is 9.35. The molecule has 1 heterocycles. The lowest BCUT2D eigenvalue weighted by Gasteiger charge is -2.14. The summed E-state index contributed by atoms with van der Waals surface area (Å²) in [7, 11) is 0. The second kappa shape index (κ2) is 9.01. The lowest BCUT2D eigenvalue weighted by atomic mass is 10.1. The number of hydrogen-bond acceptors (Lipinski definition) is 5. The summed E-state index contributed by atoms with van der Waals surface area (Å²) in [6.07, 6.45) is 1.01. The zero-order valence-corrected chi connectivity index (χ0v) is 17.5. The van der Waals surface area contributed by atoms with E-state index in [9.17, 15) is 4.79 Å². The van der Waals surface area contributed by atoms with Crippen molar-refractivity contribution in [3.05, 3.63) is 64.7 Å². The van der Waals surface area contributed by atoms with Gasteiger partial charge in [0.05, 0.1) is 17.5 Å². The molecule has 2 aromatic carbocycles. The number of carbonyl (C=O) groups excluding carboxylic acids is 1. The second-order valence-electron chi connectivity index (χ2n) is 6.84. The van der Waals surface area contributed by atoms with E-state index < -0.39 is 0 Å². The molecule has 1 unspecified atom stereocenters. The van der Waals surface area contributed by atoms with Crippen molar-refractivity contribution in [1.82, 2.24) is 25.5 Å². The highest BCUT2D eigenvalue weighted by atomic mass is 32.2. The van der Waals surface area contributed by atoms with Crippen LogP contribution in [0, 0.1) is 13.8 Å². The summed E-state index contributed by atoms with van der Waals surface area (Å²) in [5, 5.41) is 15.6. The van der Waals surface area contributed by atoms with E-state index in [0.717, 1.165) is 23.2 Å². The van der Waals surface area contributed by atoms with Gasteiger partial charge < -0.3 is 5.32 Å². The number of aryl methyl sites for hydroxylation is 3. The minimum atomic E-state index is -0.0488. The fraction of sp³-hybridized carbons (Fsp3) is 0.333. The molecule has 146 valence electrons. The molecule has 0 aliphatic rings. The SMILES string of the molecule is CCc1ccc(C(C)NC(=O)CSc2nnnn2-c2ccc(C)cc2C)cc1. The van der Waals surface area contributed by atoms with Crippen molar-refractivity contribution in [3.8, 4) is 5.69 Å². The first-order chi connectivity index (χ1) is 13.5. The zero-order valence-electron chi connectivity index (χ0n) is 16.6. The number of carbonyl (C=O) groups is 1. The minimum Gasteiger partial charge on any atom is -0.349 e. The average molecular weight is 396 g/mol. The Kier molecular flexibility index (Phi) is 6.46. The quantitative estimate of drug-likeness (QED) is 0.616. The molecule has 0 bridgehead atoms. The second-order valence-corrected chi connectivity index (χ2v) is 7.78. The van der Waals surface area contributed by atoms with Crippen LogP contribution < -0.4 is 5.32 Å². The Hall–Kier alpha value is -2.67. The van der Waals surface area contributed by atoms with E-state index in [-0.39, 0.29) is 17.7 Å². The molecule has 0 saturated heterocycles. The Labute approximate surface area is 169 Å². The highest BCUT2D eigenvalue weighted by Crippen LogP contribution is 2.21. The molecule has 1 aromatic heterocycles. The molecule has 1 N–H and O–H groups in total. The topological polar surface area (TPSA) is 72.7 Å². The molecule has 0 aliphatic carbocycles. The van der Waals surface area contributed by atoms with E-state index in [1.807, 2.05) is 32.9 Å². The highest BCUT2D eigenvalue weighted by molar-refractivity contribution is 7.99. The van der Waals surface area contributed by atoms with Crippen molar-refractivity contribution >= 4 is 17.7 Å². The third-order valence-electron chi connectivity index (χ3n) is 4.62. The van der Waals surface area contributed by atoms with Crippen LogP contribution in [0.15, 0.2) is 47.6 Å². The lowest BCUT2D eigenvalue weighted by molar-refractivity contribution is -0.119.